The van der Waals surface area contributed by atoms with Crippen molar-refractivity contribution in [1.82, 2.24) is 0 Å². The van der Waals surface area contributed by atoms with E-state index in [-0.39, 0.29) is 41.8 Å². The second kappa shape index (κ2) is 9.54. The molecule has 2 aromatic carbocycles. The van der Waals surface area contributed by atoms with Crippen molar-refractivity contribution in [3.63, 3.8) is 0 Å². The Morgan fingerprint density at radius 3 is 2.65 bits per heavy atom. The molecule has 1 unspecified atom stereocenters. The Morgan fingerprint density at radius 2 is 2.00 bits per heavy atom. The number of nitrogens with zero attached hydrogens (tertiary/aromatic N) is 1. The maximum absolute atomic E-state index is 14.1. The summed E-state index contributed by atoms with van der Waals surface area (Å²) >= 11 is 5.91. The third-order valence-electron chi connectivity index (χ3n) is 4.70. The average Bonchev–Trinajstić information content (AvgIpc) is 2.73. The number of carbonyl (C=O) groups excluding carboxylic acids is 1. The van der Waals surface area contributed by atoms with Crippen LogP contribution < -0.4 is 10.5 Å². The van der Waals surface area contributed by atoms with Crippen LogP contribution in [0.1, 0.15) is 30.9 Å². The van der Waals surface area contributed by atoms with Crippen LogP contribution in [0.3, 0.4) is 0 Å². The number of benzene rings is 2. The highest BCUT2D eigenvalue weighted by atomic mass is 35.5. The first-order valence-corrected chi connectivity index (χ1v) is 9.85. The highest BCUT2D eigenvalue weighted by Crippen LogP contribution is 2.43. The van der Waals surface area contributed by atoms with Crippen molar-refractivity contribution in [3.8, 4) is 11.8 Å². The molecule has 0 saturated heterocycles. The quantitative estimate of drug-likeness (QED) is 0.651. The second-order valence-corrected chi connectivity index (χ2v) is 7.15. The van der Waals surface area contributed by atoms with Gasteiger partial charge in [0.1, 0.15) is 35.6 Å². The average molecular weight is 443 g/mol. The molecule has 1 heterocycles. The van der Waals surface area contributed by atoms with E-state index in [0.717, 1.165) is 5.56 Å². The molecule has 160 valence electrons. The molecule has 2 N–H and O–H groups in total. The predicted molar refractivity (Wildman–Crippen MR) is 112 cm³/mol. The normalized spacial score (nSPS) is 15.9. The summed E-state index contributed by atoms with van der Waals surface area (Å²) in [7, 11) is 0. The fourth-order valence-corrected chi connectivity index (χ4v) is 3.41. The van der Waals surface area contributed by atoms with Crippen LogP contribution in [0.4, 0.5) is 4.39 Å². The van der Waals surface area contributed by atoms with Crippen LogP contribution >= 0.6 is 11.6 Å². The van der Waals surface area contributed by atoms with Crippen molar-refractivity contribution < 1.29 is 23.4 Å². The number of hydrogen-bond acceptors (Lipinski definition) is 6. The lowest BCUT2D eigenvalue weighted by Gasteiger charge is -2.28. The van der Waals surface area contributed by atoms with Gasteiger partial charge >= 0.3 is 5.97 Å². The number of carbonyl (C=O) groups is 1. The van der Waals surface area contributed by atoms with Crippen molar-refractivity contribution in [2.24, 2.45) is 5.73 Å². The summed E-state index contributed by atoms with van der Waals surface area (Å²) < 4.78 is 30.5. The van der Waals surface area contributed by atoms with Crippen molar-refractivity contribution in [3.05, 3.63) is 87.2 Å². The Morgan fingerprint density at radius 1 is 1.29 bits per heavy atom. The number of halogens is 2. The van der Waals surface area contributed by atoms with Gasteiger partial charge in [-0.3, -0.25) is 0 Å². The van der Waals surface area contributed by atoms with Crippen LogP contribution in [0, 0.1) is 17.1 Å². The Hall–Kier alpha value is -3.50. The molecule has 0 amide bonds. The number of nitrogens with two attached hydrogens (primary N) is 1. The molecule has 0 saturated carbocycles. The smallest absolute Gasteiger partial charge is 0.338 e. The van der Waals surface area contributed by atoms with Crippen LogP contribution in [0.25, 0.3) is 0 Å². The summed E-state index contributed by atoms with van der Waals surface area (Å²) in [5.41, 5.74) is 7.24. The van der Waals surface area contributed by atoms with Gasteiger partial charge in [-0.05, 0) is 37.6 Å². The SMILES string of the molecule is CCOC(=O)C1=C(C)OC(N)=C(C#N)C1c1ccc(F)cc1OCc1ccc(Cl)cc1. The topological polar surface area (TPSA) is 94.6 Å². The first-order chi connectivity index (χ1) is 14.8. The lowest BCUT2D eigenvalue weighted by atomic mass is 9.82. The summed E-state index contributed by atoms with van der Waals surface area (Å²) in [4.78, 5) is 12.7. The zero-order valence-corrected chi connectivity index (χ0v) is 17.7. The molecule has 0 aliphatic carbocycles. The van der Waals surface area contributed by atoms with Gasteiger partial charge in [-0.2, -0.15) is 5.26 Å². The van der Waals surface area contributed by atoms with Gasteiger partial charge in [0, 0.05) is 16.7 Å². The molecule has 0 bridgehead atoms. The standard InChI is InChI=1S/C23H20ClFN2O4/c1-3-29-23(28)20-13(2)31-22(27)18(11-26)21(20)17-9-8-16(25)10-19(17)30-12-14-4-6-15(24)7-5-14/h4-10,21H,3,12,27H2,1-2H3. The molecule has 0 spiro atoms. The molecule has 6 nitrogen and oxygen atoms in total. The maximum atomic E-state index is 14.1. The first kappa shape index (κ1) is 22.2. The number of ether oxygens (including phenoxy) is 3. The Balaban J connectivity index is 2.07. The van der Waals surface area contributed by atoms with Gasteiger partial charge < -0.3 is 19.9 Å². The fraction of sp³-hybridized carbons (Fsp3) is 0.217. The van der Waals surface area contributed by atoms with Crippen molar-refractivity contribution in [1.29, 1.82) is 5.26 Å². The summed E-state index contributed by atoms with van der Waals surface area (Å²) in [5, 5.41) is 10.3. The van der Waals surface area contributed by atoms with Gasteiger partial charge in [0.15, 0.2) is 0 Å². The largest absolute Gasteiger partial charge is 0.488 e. The molecule has 0 fully saturated rings. The van der Waals surface area contributed by atoms with Gasteiger partial charge in [0.2, 0.25) is 5.88 Å². The number of esters is 1. The minimum atomic E-state index is -0.932. The minimum absolute atomic E-state index is 0.0107. The second-order valence-electron chi connectivity index (χ2n) is 6.71. The summed E-state index contributed by atoms with van der Waals surface area (Å²) in [6.45, 7) is 3.47. The summed E-state index contributed by atoms with van der Waals surface area (Å²) in [5.74, 6) is -1.89. The van der Waals surface area contributed by atoms with E-state index in [1.807, 2.05) is 6.07 Å². The maximum Gasteiger partial charge on any atom is 0.338 e. The number of allylic oxidation sites excluding steroid dienone is 2. The van der Waals surface area contributed by atoms with E-state index in [0.29, 0.717) is 10.6 Å². The molecule has 1 atom stereocenters. The molecular weight excluding hydrogens is 423 g/mol. The first-order valence-electron chi connectivity index (χ1n) is 9.47. The Labute approximate surface area is 184 Å². The van der Waals surface area contributed by atoms with Crippen molar-refractivity contribution in [2.75, 3.05) is 6.61 Å². The molecule has 0 radical (unpaired) electrons. The van der Waals surface area contributed by atoms with Crippen LogP contribution in [0.2, 0.25) is 5.02 Å². The van der Waals surface area contributed by atoms with E-state index >= 15 is 0 Å². The fourth-order valence-electron chi connectivity index (χ4n) is 3.28. The Bertz CT molecular complexity index is 1100. The van der Waals surface area contributed by atoms with E-state index < -0.39 is 17.7 Å². The number of nitriles is 1. The number of hydrogen-bond donors (Lipinski definition) is 1. The molecule has 1 aliphatic rings. The van der Waals surface area contributed by atoms with E-state index in [2.05, 4.69) is 0 Å². The molecule has 2 aromatic rings. The van der Waals surface area contributed by atoms with Crippen molar-refractivity contribution in [2.45, 2.75) is 26.4 Å². The van der Waals surface area contributed by atoms with E-state index in [1.54, 1.807) is 38.1 Å². The lowest BCUT2D eigenvalue weighted by molar-refractivity contribution is -0.139. The Kier molecular flexibility index (Phi) is 6.83. The minimum Gasteiger partial charge on any atom is -0.488 e. The van der Waals surface area contributed by atoms with Crippen molar-refractivity contribution >= 4 is 17.6 Å². The molecular formula is C23H20ClFN2O4. The molecule has 31 heavy (non-hydrogen) atoms. The number of rotatable bonds is 6. The zero-order valence-electron chi connectivity index (χ0n) is 16.9. The highest BCUT2D eigenvalue weighted by Gasteiger charge is 2.38. The van der Waals surface area contributed by atoms with Gasteiger partial charge in [-0.15, -0.1) is 0 Å². The molecule has 8 heteroatoms. The molecule has 3 rings (SSSR count). The van der Waals surface area contributed by atoms with E-state index in [1.165, 1.54) is 18.2 Å². The predicted octanol–water partition coefficient (Wildman–Crippen LogP) is 4.70. The monoisotopic (exact) mass is 442 g/mol. The van der Waals surface area contributed by atoms with Gasteiger partial charge in [0.05, 0.1) is 18.1 Å². The van der Waals surface area contributed by atoms with E-state index in [9.17, 15) is 14.4 Å². The zero-order chi connectivity index (χ0) is 22.5. The van der Waals surface area contributed by atoms with Crippen LogP contribution in [0.5, 0.6) is 5.75 Å². The molecule has 1 aliphatic heterocycles. The lowest BCUT2D eigenvalue weighted by Crippen LogP contribution is -2.26. The van der Waals surface area contributed by atoms with Crippen LogP contribution in [-0.2, 0) is 20.9 Å². The molecule has 0 aromatic heterocycles. The van der Waals surface area contributed by atoms with Crippen LogP contribution in [0.15, 0.2) is 65.3 Å². The van der Waals surface area contributed by atoms with Gasteiger partial charge in [-0.1, -0.05) is 29.8 Å². The highest BCUT2D eigenvalue weighted by molar-refractivity contribution is 6.30. The summed E-state index contributed by atoms with van der Waals surface area (Å²) in [6, 6.07) is 12.9. The summed E-state index contributed by atoms with van der Waals surface area (Å²) in [6.07, 6.45) is 0. The third-order valence-corrected chi connectivity index (χ3v) is 4.95. The van der Waals surface area contributed by atoms with Gasteiger partial charge in [0.25, 0.3) is 0 Å². The third kappa shape index (κ3) is 4.81. The van der Waals surface area contributed by atoms with Gasteiger partial charge in [-0.25, -0.2) is 9.18 Å². The van der Waals surface area contributed by atoms with E-state index in [4.69, 9.17) is 31.5 Å². The van der Waals surface area contributed by atoms with Crippen LogP contribution in [-0.4, -0.2) is 12.6 Å².